The van der Waals surface area contributed by atoms with Crippen molar-refractivity contribution in [1.29, 1.82) is 0 Å². The van der Waals surface area contributed by atoms with Gasteiger partial charge >= 0.3 is 0 Å². The molecule has 96 valence electrons. The van der Waals surface area contributed by atoms with E-state index in [1.807, 2.05) is 24.4 Å². The molecule has 0 spiro atoms. The zero-order valence-electron chi connectivity index (χ0n) is 10.8. The van der Waals surface area contributed by atoms with Gasteiger partial charge in [0.05, 0.1) is 10.7 Å². The lowest BCUT2D eigenvalue weighted by molar-refractivity contribution is 0.302. The standard InChI is InChI=1S/C14H18N2OS/c1-3-15-8-12-4-6-14(7-5-12)17-9-13-10-18-11(2)16-13/h4-7,10,15H,3,8-9H2,1-2H3. The van der Waals surface area contributed by atoms with E-state index in [2.05, 4.69) is 29.4 Å². The van der Waals surface area contributed by atoms with Gasteiger partial charge in [-0.3, -0.25) is 0 Å². The van der Waals surface area contributed by atoms with E-state index in [1.165, 1.54) is 5.56 Å². The first-order valence-corrected chi connectivity index (χ1v) is 6.99. The smallest absolute Gasteiger partial charge is 0.131 e. The molecule has 3 nitrogen and oxygen atoms in total. The summed E-state index contributed by atoms with van der Waals surface area (Å²) in [6, 6.07) is 8.19. The van der Waals surface area contributed by atoms with Crippen molar-refractivity contribution in [2.75, 3.05) is 6.54 Å². The fraction of sp³-hybridized carbons (Fsp3) is 0.357. The fourth-order valence-electron chi connectivity index (χ4n) is 1.60. The number of thiazole rings is 1. The van der Waals surface area contributed by atoms with E-state index in [4.69, 9.17) is 4.74 Å². The molecule has 18 heavy (non-hydrogen) atoms. The summed E-state index contributed by atoms with van der Waals surface area (Å²) >= 11 is 1.65. The van der Waals surface area contributed by atoms with E-state index < -0.39 is 0 Å². The second-order valence-corrected chi connectivity index (χ2v) is 5.13. The maximum atomic E-state index is 5.69. The Hall–Kier alpha value is -1.39. The topological polar surface area (TPSA) is 34.1 Å². The van der Waals surface area contributed by atoms with Crippen LogP contribution in [0.25, 0.3) is 0 Å². The molecule has 0 aliphatic heterocycles. The Balaban J connectivity index is 1.86. The first-order chi connectivity index (χ1) is 8.78. The fourth-order valence-corrected chi connectivity index (χ4v) is 2.20. The van der Waals surface area contributed by atoms with Gasteiger partial charge in [0.2, 0.25) is 0 Å². The lowest BCUT2D eigenvalue weighted by Gasteiger charge is -2.06. The molecule has 0 saturated heterocycles. The molecule has 0 unspecified atom stereocenters. The Kier molecular flexibility index (Phi) is 4.73. The first-order valence-electron chi connectivity index (χ1n) is 6.11. The molecule has 1 heterocycles. The van der Waals surface area contributed by atoms with Crippen molar-refractivity contribution in [3.05, 3.63) is 45.9 Å². The van der Waals surface area contributed by atoms with E-state index in [0.29, 0.717) is 6.61 Å². The predicted octanol–water partition coefficient (Wildman–Crippen LogP) is 3.14. The van der Waals surface area contributed by atoms with E-state index in [1.54, 1.807) is 11.3 Å². The summed E-state index contributed by atoms with van der Waals surface area (Å²) in [6.07, 6.45) is 0. The van der Waals surface area contributed by atoms with Gasteiger partial charge in [-0.2, -0.15) is 0 Å². The van der Waals surface area contributed by atoms with Gasteiger partial charge in [-0.1, -0.05) is 19.1 Å². The van der Waals surface area contributed by atoms with E-state index >= 15 is 0 Å². The Morgan fingerprint density at radius 1 is 1.28 bits per heavy atom. The highest BCUT2D eigenvalue weighted by Gasteiger charge is 2.00. The molecule has 1 N–H and O–H groups in total. The van der Waals surface area contributed by atoms with Crippen LogP contribution in [0.3, 0.4) is 0 Å². The maximum absolute atomic E-state index is 5.69. The summed E-state index contributed by atoms with van der Waals surface area (Å²) in [5.41, 5.74) is 2.27. The number of rotatable bonds is 6. The molecular formula is C14H18N2OS. The zero-order valence-corrected chi connectivity index (χ0v) is 11.6. The van der Waals surface area contributed by atoms with Crippen LogP contribution in [0.1, 0.15) is 23.2 Å². The van der Waals surface area contributed by atoms with E-state index in [0.717, 1.165) is 29.5 Å². The van der Waals surface area contributed by atoms with Gasteiger partial charge in [-0.25, -0.2) is 4.98 Å². The third-order valence-corrected chi connectivity index (χ3v) is 3.38. The number of ether oxygens (including phenoxy) is 1. The molecular weight excluding hydrogens is 244 g/mol. The SMILES string of the molecule is CCNCc1ccc(OCc2csc(C)n2)cc1. The molecule has 0 aliphatic rings. The second-order valence-electron chi connectivity index (χ2n) is 4.07. The number of hydrogen-bond acceptors (Lipinski definition) is 4. The minimum absolute atomic E-state index is 0.539. The largest absolute Gasteiger partial charge is 0.487 e. The van der Waals surface area contributed by atoms with Gasteiger partial charge in [-0.15, -0.1) is 11.3 Å². The molecule has 0 saturated carbocycles. The quantitative estimate of drug-likeness (QED) is 0.868. The lowest BCUT2D eigenvalue weighted by atomic mass is 10.2. The van der Waals surface area contributed by atoms with Crippen LogP contribution in [0.15, 0.2) is 29.6 Å². The number of benzene rings is 1. The molecule has 2 rings (SSSR count). The van der Waals surface area contributed by atoms with Crippen LogP contribution >= 0.6 is 11.3 Å². The van der Waals surface area contributed by atoms with Crippen molar-refractivity contribution >= 4 is 11.3 Å². The van der Waals surface area contributed by atoms with Crippen molar-refractivity contribution in [2.45, 2.75) is 27.0 Å². The number of aryl methyl sites for hydroxylation is 1. The van der Waals surface area contributed by atoms with Crippen molar-refractivity contribution in [2.24, 2.45) is 0 Å². The Morgan fingerprint density at radius 3 is 2.67 bits per heavy atom. The van der Waals surface area contributed by atoms with Gasteiger partial charge in [-0.05, 0) is 31.2 Å². The number of nitrogens with one attached hydrogen (secondary N) is 1. The van der Waals surface area contributed by atoms with Crippen LogP contribution in [-0.4, -0.2) is 11.5 Å². The highest BCUT2D eigenvalue weighted by Crippen LogP contribution is 2.15. The van der Waals surface area contributed by atoms with Gasteiger partial charge in [0, 0.05) is 11.9 Å². The summed E-state index contributed by atoms with van der Waals surface area (Å²) in [7, 11) is 0. The molecule has 1 aromatic heterocycles. The summed E-state index contributed by atoms with van der Waals surface area (Å²) < 4.78 is 5.69. The van der Waals surface area contributed by atoms with Crippen LogP contribution in [0.2, 0.25) is 0 Å². The Labute approximate surface area is 112 Å². The molecule has 0 radical (unpaired) electrons. The summed E-state index contributed by atoms with van der Waals surface area (Å²) in [5, 5.41) is 6.41. The highest BCUT2D eigenvalue weighted by molar-refractivity contribution is 7.09. The molecule has 4 heteroatoms. The summed E-state index contributed by atoms with van der Waals surface area (Å²) in [5.74, 6) is 0.890. The molecule has 0 amide bonds. The normalized spacial score (nSPS) is 10.6. The average molecular weight is 262 g/mol. The lowest BCUT2D eigenvalue weighted by Crippen LogP contribution is -2.11. The van der Waals surface area contributed by atoms with Gasteiger partial charge < -0.3 is 10.1 Å². The summed E-state index contributed by atoms with van der Waals surface area (Å²) in [6.45, 7) is 6.54. The van der Waals surface area contributed by atoms with Crippen LogP contribution in [0.5, 0.6) is 5.75 Å². The number of nitrogens with zero attached hydrogens (tertiary/aromatic N) is 1. The van der Waals surface area contributed by atoms with Crippen LogP contribution in [-0.2, 0) is 13.2 Å². The summed E-state index contributed by atoms with van der Waals surface area (Å²) in [4.78, 5) is 4.37. The van der Waals surface area contributed by atoms with Crippen molar-refractivity contribution < 1.29 is 4.74 Å². The van der Waals surface area contributed by atoms with Crippen molar-refractivity contribution in [3.63, 3.8) is 0 Å². The third-order valence-electron chi connectivity index (χ3n) is 2.56. The first kappa shape index (κ1) is 13.1. The van der Waals surface area contributed by atoms with E-state index in [-0.39, 0.29) is 0 Å². The zero-order chi connectivity index (χ0) is 12.8. The second kappa shape index (κ2) is 6.52. The van der Waals surface area contributed by atoms with Gasteiger partial charge in [0.15, 0.2) is 0 Å². The van der Waals surface area contributed by atoms with Crippen molar-refractivity contribution in [1.82, 2.24) is 10.3 Å². The Bertz CT molecular complexity index is 479. The van der Waals surface area contributed by atoms with Gasteiger partial charge in [0.25, 0.3) is 0 Å². The number of aromatic nitrogens is 1. The van der Waals surface area contributed by atoms with Crippen molar-refractivity contribution in [3.8, 4) is 5.75 Å². The molecule has 0 atom stereocenters. The third kappa shape index (κ3) is 3.82. The van der Waals surface area contributed by atoms with Crippen LogP contribution < -0.4 is 10.1 Å². The minimum atomic E-state index is 0.539. The highest BCUT2D eigenvalue weighted by atomic mass is 32.1. The maximum Gasteiger partial charge on any atom is 0.131 e. The van der Waals surface area contributed by atoms with Gasteiger partial charge in [0.1, 0.15) is 12.4 Å². The Morgan fingerprint density at radius 2 is 2.06 bits per heavy atom. The molecule has 0 bridgehead atoms. The minimum Gasteiger partial charge on any atom is -0.487 e. The predicted molar refractivity (Wildman–Crippen MR) is 75.0 cm³/mol. The molecule has 0 fully saturated rings. The molecule has 0 aliphatic carbocycles. The van der Waals surface area contributed by atoms with Crippen LogP contribution in [0.4, 0.5) is 0 Å². The van der Waals surface area contributed by atoms with E-state index in [9.17, 15) is 0 Å². The monoisotopic (exact) mass is 262 g/mol. The molecule has 1 aromatic carbocycles. The molecule has 2 aromatic rings. The van der Waals surface area contributed by atoms with Crippen LogP contribution in [0, 0.1) is 6.92 Å². The number of hydrogen-bond donors (Lipinski definition) is 1. The average Bonchev–Trinajstić information content (AvgIpc) is 2.81.